The summed E-state index contributed by atoms with van der Waals surface area (Å²) in [6.07, 6.45) is 3.63. The number of allylic oxidation sites excluding steroid dienone is 6. The lowest BCUT2D eigenvalue weighted by atomic mass is 9.80. The van der Waals surface area contributed by atoms with Crippen molar-refractivity contribution in [2.45, 2.75) is 39.8 Å². The predicted molar refractivity (Wildman–Crippen MR) is 163 cm³/mol. The van der Waals surface area contributed by atoms with Crippen molar-refractivity contribution in [1.82, 2.24) is 15.0 Å². The number of Topliss-reactive ketones (excluding diaryl/α,β-unsaturated/α-hetero) is 4. The average Bonchev–Trinajstić information content (AvgIpc) is 3.51. The third-order valence-electron chi connectivity index (χ3n) is 7.94. The summed E-state index contributed by atoms with van der Waals surface area (Å²) in [4.78, 5) is 54.0. The van der Waals surface area contributed by atoms with E-state index in [2.05, 4.69) is 10.3 Å². The molecule has 45 heavy (non-hydrogen) atoms. The molecule has 9 heteroatoms. The molecule has 0 saturated heterocycles. The van der Waals surface area contributed by atoms with Crippen LogP contribution in [0.2, 0.25) is 0 Å². The van der Waals surface area contributed by atoms with Gasteiger partial charge in [-0.1, -0.05) is 77.5 Å². The van der Waals surface area contributed by atoms with Crippen LogP contribution in [0.15, 0.2) is 113 Å². The van der Waals surface area contributed by atoms with Gasteiger partial charge in [-0.2, -0.15) is 0 Å². The maximum Gasteiger partial charge on any atom is 0.228 e. The summed E-state index contributed by atoms with van der Waals surface area (Å²) in [5.74, 6) is -1.82. The van der Waals surface area contributed by atoms with E-state index in [9.17, 15) is 23.6 Å². The molecule has 4 aromatic rings. The van der Waals surface area contributed by atoms with Crippen LogP contribution < -0.4 is 0 Å². The molecule has 0 bridgehead atoms. The Morgan fingerprint density at radius 2 is 1.40 bits per heavy atom. The maximum absolute atomic E-state index is 13.9. The first-order chi connectivity index (χ1) is 21.7. The standard InChI is InChI=1S/C36H28FN3O5/c1-20(2)12-17-29-33(42)26-9-5-7-11-28(26)35(44)36(29)45-19-24-18-40(39-38-24)31(22-13-15-23(37)16-14-22)30-21(3)32(41)25-8-4-6-10-27(25)34(30)43/h4-16,18,31H,17,19H2,1-3H3. The molecule has 0 saturated carbocycles. The first-order valence-electron chi connectivity index (χ1n) is 14.4. The predicted octanol–water partition coefficient (Wildman–Crippen LogP) is 6.61. The zero-order valence-electron chi connectivity index (χ0n) is 24.8. The molecule has 2 aliphatic rings. The van der Waals surface area contributed by atoms with Gasteiger partial charge in [0.1, 0.15) is 24.2 Å². The van der Waals surface area contributed by atoms with Crippen LogP contribution in [-0.4, -0.2) is 38.1 Å². The number of rotatable bonds is 8. The van der Waals surface area contributed by atoms with Crippen molar-refractivity contribution < 1.29 is 28.3 Å². The van der Waals surface area contributed by atoms with E-state index >= 15 is 0 Å². The van der Waals surface area contributed by atoms with Crippen LogP contribution in [0.3, 0.4) is 0 Å². The normalized spacial score (nSPS) is 15.2. The zero-order chi connectivity index (χ0) is 31.8. The zero-order valence-corrected chi connectivity index (χ0v) is 24.8. The Labute approximate surface area is 258 Å². The van der Waals surface area contributed by atoms with E-state index in [0.29, 0.717) is 22.4 Å². The number of halogens is 1. The van der Waals surface area contributed by atoms with Crippen molar-refractivity contribution in [3.05, 3.63) is 152 Å². The Hall–Kier alpha value is -5.57. The largest absolute Gasteiger partial charge is 0.483 e. The monoisotopic (exact) mass is 601 g/mol. The molecule has 1 aromatic heterocycles. The molecule has 8 nitrogen and oxygen atoms in total. The Bertz CT molecular complexity index is 1990. The second kappa shape index (κ2) is 11.8. The fourth-order valence-electron chi connectivity index (χ4n) is 5.65. The molecule has 2 aliphatic carbocycles. The summed E-state index contributed by atoms with van der Waals surface area (Å²) in [6, 6.07) is 17.9. The van der Waals surface area contributed by atoms with E-state index in [1.165, 1.54) is 28.9 Å². The summed E-state index contributed by atoms with van der Waals surface area (Å²) >= 11 is 0. The molecule has 0 fully saturated rings. The highest BCUT2D eigenvalue weighted by Crippen LogP contribution is 2.36. The fraction of sp³-hybridized carbons (Fsp3) is 0.167. The highest BCUT2D eigenvalue weighted by Gasteiger charge is 2.37. The second-order valence-electron chi connectivity index (χ2n) is 11.2. The van der Waals surface area contributed by atoms with Crippen LogP contribution in [0.4, 0.5) is 4.39 Å². The van der Waals surface area contributed by atoms with Gasteiger partial charge in [-0.05, 0) is 44.9 Å². The molecule has 1 unspecified atom stereocenters. The molecule has 0 radical (unpaired) electrons. The van der Waals surface area contributed by atoms with E-state index < -0.39 is 17.6 Å². The molecule has 6 rings (SSSR count). The van der Waals surface area contributed by atoms with Gasteiger partial charge in [0.25, 0.3) is 0 Å². The van der Waals surface area contributed by atoms with E-state index in [0.717, 1.165) is 5.57 Å². The minimum atomic E-state index is -0.908. The summed E-state index contributed by atoms with van der Waals surface area (Å²) in [6.45, 7) is 5.20. The third kappa shape index (κ3) is 5.37. The molecule has 0 aliphatic heterocycles. The number of carbonyl (C=O) groups is 4. The van der Waals surface area contributed by atoms with Gasteiger partial charge in [0.05, 0.1) is 11.8 Å². The Morgan fingerprint density at radius 3 is 2.02 bits per heavy atom. The molecule has 1 atom stereocenters. The highest BCUT2D eigenvalue weighted by atomic mass is 19.1. The quantitative estimate of drug-likeness (QED) is 0.209. The summed E-state index contributed by atoms with van der Waals surface area (Å²) in [7, 11) is 0. The number of hydrogen-bond acceptors (Lipinski definition) is 7. The van der Waals surface area contributed by atoms with E-state index in [1.54, 1.807) is 61.7 Å². The van der Waals surface area contributed by atoms with Crippen LogP contribution in [-0.2, 0) is 11.3 Å². The summed E-state index contributed by atoms with van der Waals surface area (Å²) in [5.41, 5.74) is 3.69. The molecular weight excluding hydrogens is 573 g/mol. The molecule has 0 spiro atoms. The van der Waals surface area contributed by atoms with Crippen LogP contribution in [0.25, 0.3) is 0 Å². The average molecular weight is 602 g/mol. The molecular formula is C36H28FN3O5. The van der Waals surface area contributed by atoms with Gasteiger partial charge in [0, 0.05) is 33.4 Å². The third-order valence-corrected chi connectivity index (χ3v) is 7.94. The van der Waals surface area contributed by atoms with Crippen molar-refractivity contribution in [3.8, 4) is 0 Å². The van der Waals surface area contributed by atoms with Crippen molar-refractivity contribution in [2.24, 2.45) is 0 Å². The number of benzene rings is 3. The number of fused-ring (bicyclic) bond motifs is 2. The number of hydrogen-bond donors (Lipinski definition) is 0. The summed E-state index contributed by atoms with van der Waals surface area (Å²) in [5, 5.41) is 8.50. The molecule has 224 valence electrons. The van der Waals surface area contributed by atoms with Crippen molar-refractivity contribution in [2.75, 3.05) is 0 Å². The van der Waals surface area contributed by atoms with Gasteiger partial charge in [-0.25, -0.2) is 9.07 Å². The van der Waals surface area contributed by atoms with Gasteiger partial charge in [-0.15, -0.1) is 5.10 Å². The van der Waals surface area contributed by atoms with Gasteiger partial charge in [0.2, 0.25) is 5.78 Å². The SMILES string of the molecule is CC(C)=CCC1=C(OCc2cn(C(C3=C(C)C(=O)c4ccccc4C3=O)c3ccc(F)cc3)nn2)C(=O)c2ccccc2C1=O. The van der Waals surface area contributed by atoms with E-state index in [-0.39, 0.29) is 64.0 Å². The van der Waals surface area contributed by atoms with Crippen molar-refractivity contribution in [3.63, 3.8) is 0 Å². The smallest absolute Gasteiger partial charge is 0.228 e. The first kappa shape index (κ1) is 29.5. The van der Waals surface area contributed by atoms with E-state index in [1.807, 2.05) is 19.9 Å². The van der Waals surface area contributed by atoms with Gasteiger partial charge in [-0.3, -0.25) is 19.2 Å². The second-order valence-corrected chi connectivity index (χ2v) is 11.2. The minimum Gasteiger partial charge on any atom is -0.483 e. The Kier molecular flexibility index (Phi) is 7.76. The van der Waals surface area contributed by atoms with Gasteiger partial charge in [0.15, 0.2) is 23.1 Å². The lowest BCUT2D eigenvalue weighted by Crippen LogP contribution is -2.28. The number of aromatic nitrogens is 3. The topological polar surface area (TPSA) is 108 Å². The molecule has 0 amide bonds. The van der Waals surface area contributed by atoms with Crippen LogP contribution in [0.1, 0.15) is 85.9 Å². The number of nitrogens with zero attached hydrogens (tertiary/aromatic N) is 3. The van der Waals surface area contributed by atoms with Gasteiger partial charge < -0.3 is 4.74 Å². The fourth-order valence-corrected chi connectivity index (χ4v) is 5.65. The molecule has 3 aromatic carbocycles. The first-order valence-corrected chi connectivity index (χ1v) is 14.4. The summed E-state index contributed by atoms with van der Waals surface area (Å²) < 4.78 is 21.4. The van der Waals surface area contributed by atoms with E-state index in [4.69, 9.17) is 4.74 Å². The maximum atomic E-state index is 13.9. The number of carbonyl (C=O) groups excluding carboxylic acids is 4. The Morgan fingerprint density at radius 1 is 0.822 bits per heavy atom. The molecule has 0 N–H and O–H groups in total. The lowest BCUT2D eigenvalue weighted by molar-refractivity contribution is 0.0853. The van der Waals surface area contributed by atoms with Crippen molar-refractivity contribution in [1.29, 1.82) is 0 Å². The van der Waals surface area contributed by atoms with Crippen LogP contribution in [0, 0.1) is 5.82 Å². The van der Waals surface area contributed by atoms with Gasteiger partial charge >= 0.3 is 0 Å². The lowest BCUT2D eigenvalue weighted by Gasteiger charge is -2.26. The van der Waals surface area contributed by atoms with Crippen LogP contribution >= 0.6 is 0 Å². The number of ketones is 4. The number of ether oxygens (including phenoxy) is 1. The Balaban J connectivity index is 1.37. The van der Waals surface area contributed by atoms with Crippen LogP contribution in [0.5, 0.6) is 0 Å². The molecule has 1 heterocycles. The minimum absolute atomic E-state index is 0.0518. The highest BCUT2D eigenvalue weighted by molar-refractivity contribution is 6.27. The van der Waals surface area contributed by atoms with Crippen molar-refractivity contribution >= 4 is 23.1 Å².